The number of ether oxygens (including phenoxy) is 1. The molecule has 0 bridgehead atoms. The normalized spacial score (nSPS) is 16.5. The lowest BCUT2D eigenvalue weighted by Crippen LogP contribution is -2.38. The molecule has 0 amide bonds. The monoisotopic (exact) mass is 191 g/mol. The van der Waals surface area contributed by atoms with Crippen LogP contribution in [-0.4, -0.2) is 50.3 Å². The van der Waals surface area contributed by atoms with Gasteiger partial charge >= 0.3 is 0 Å². The van der Waals surface area contributed by atoms with Crippen LogP contribution < -0.4 is 0 Å². The average Bonchev–Trinajstić information content (AvgIpc) is 2.04. The van der Waals surface area contributed by atoms with E-state index in [2.05, 4.69) is 32.2 Å². The van der Waals surface area contributed by atoms with Gasteiger partial charge in [0.05, 0.1) is 6.10 Å². The topological polar surface area (TPSA) is 12.5 Å². The van der Waals surface area contributed by atoms with Gasteiger partial charge in [0.25, 0.3) is 0 Å². The number of methoxy groups -OCH3 is 1. The van der Waals surface area contributed by atoms with Gasteiger partial charge in [-0.05, 0) is 39.4 Å². The molecule has 0 aromatic carbocycles. The highest BCUT2D eigenvalue weighted by Gasteiger charge is 2.17. The molecule has 0 rings (SSSR count). The summed E-state index contributed by atoms with van der Waals surface area (Å²) in [5, 5.41) is 0. The van der Waals surface area contributed by atoms with Crippen LogP contribution in [0.2, 0.25) is 0 Å². The lowest BCUT2D eigenvalue weighted by Gasteiger charge is -2.28. The Morgan fingerprint density at radius 3 is 2.33 bits per heavy atom. The van der Waals surface area contributed by atoms with Crippen LogP contribution in [0.1, 0.15) is 13.3 Å². The Labute approximate surface area is 80.7 Å². The highest BCUT2D eigenvalue weighted by Crippen LogP contribution is 2.11. The summed E-state index contributed by atoms with van der Waals surface area (Å²) >= 11 is 1.89. The Morgan fingerprint density at radius 1 is 1.42 bits per heavy atom. The summed E-state index contributed by atoms with van der Waals surface area (Å²) in [5.74, 6) is 1.20. The van der Waals surface area contributed by atoms with Gasteiger partial charge < -0.3 is 9.64 Å². The fourth-order valence-electron chi connectivity index (χ4n) is 1.31. The Hall–Kier alpha value is 0.270. The molecule has 3 heteroatoms. The maximum Gasteiger partial charge on any atom is 0.0698 e. The molecule has 0 radical (unpaired) electrons. The smallest absolute Gasteiger partial charge is 0.0698 e. The summed E-state index contributed by atoms with van der Waals surface area (Å²) in [6.07, 6.45) is 3.67. The quantitative estimate of drug-likeness (QED) is 0.634. The van der Waals surface area contributed by atoms with Gasteiger partial charge in [0.2, 0.25) is 0 Å². The van der Waals surface area contributed by atoms with E-state index in [0.29, 0.717) is 12.1 Å². The fraction of sp³-hybridized carbons (Fsp3) is 1.00. The van der Waals surface area contributed by atoms with Crippen molar-refractivity contribution in [2.24, 2.45) is 0 Å². The summed E-state index contributed by atoms with van der Waals surface area (Å²) in [6, 6.07) is 0.544. The van der Waals surface area contributed by atoms with Crippen molar-refractivity contribution in [1.82, 2.24) is 4.90 Å². The van der Waals surface area contributed by atoms with Crippen molar-refractivity contribution in [2.75, 3.05) is 33.2 Å². The molecule has 12 heavy (non-hydrogen) atoms. The van der Waals surface area contributed by atoms with Crippen molar-refractivity contribution in [3.63, 3.8) is 0 Å². The van der Waals surface area contributed by atoms with Crippen LogP contribution in [0.4, 0.5) is 0 Å². The largest absolute Gasteiger partial charge is 0.380 e. The SMILES string of the molecule is COC(C)C(CCSC)N(C)C. The van der Waals surface area contributed by atoms with Crippen molar-refractivity contribution in [2.45, 2.75) is 25.5 Å². The van der Waals surface area contributed by atoms with Crippen LogP contribution in [0.5, 0.6) is 0 Å². The summed E-state index contributed by atoms with van der Waals surface area (Å²) in [6.45, 7) is 2.13. The van der Waals surface area contributed by atoms with Crippen LogP contribution in [0.25, 0.3) is 0 Å². The van der Waals surface area contributed by atoms with Crippen LogP contribution in [0.15, 0.2) is 0 Å². The second-order valence-corrected chi connectivity index (χ2v) is 4.24. The highest BCUT2D eigenvalue weighted by molar-refractivity contribution is 7.98. The van der Waals surface area contributed by atoms with E-state index in [0.717, 1.165) is 0 Å². The Kier molecular flexibility index (Phi) is 6.90. The van der Waals surface area contributed by atoms with Gasteiger partial charge in [0.15, 0.2) is 0 Å². The Morgan fingerprint density at radius 2 is 2.00 bits per heavy atom. The van der Waals surface area contributed by atoms with E-state index < -0.39 is 0 Å². The predicted molar refractivity (Wildman–Crippen MR) is 56.9 cm³/mol. The third-order valence-electron chi connectivity index (χ3n) is 2.19. The van der Waals surface area contributed by atoms with Gasteiger partial charge in [-0.1, -0.05) is 0 Å². The molecule has 0 N–H and O–H groups in total. The number of hydrogen-bond donors (Lipinski definition) is 0. The summed E-state index contributed by atoms with van der Waals surface area (Å²) in [5.41, 5.74) is 0. The predicted octanol–water partition coefficient (Wildman–Crippen LogP) is 1.70. The van der Waals surface area contributed by atoms with Crippen molar-refractivity contribution in [3.8, 4) is 0 Å². The molecule has 0 fully saturated rings. The van der Waals surface area contributed by atoms with E-state index in [9.17, 15) is 0 Å². The zero-order chi connectivity index (χ0) is 9.56. The third-order valence-corrected chi connectivity index (χ3v) is 2.84. The number of rotatable bonds is 6. The minimum atomic E-state index is 0.326. The number of thioether (sulfide) groups is 1. The Bertz CT molecular complexity index is 109. The van der Waals surface area contributed by atoms with Gasteiger partial charge in [0, 0.05) is 13.2 Å². The van der Waals surface area contributed by atoms with Crippen molar-refractivity contribution in [3.05, 3.63) is 0 Å². The van der Waals surface area contributed by atoms with Gasteiger partial charge in [-0.3, -0.25) is 0 Å². The molecule has 0 saturated carbocycles. The molecule has 0 aliphatic rings. The van der Waals surface area contributed by atoms with Crippen LogP contribution in [-0.2, 0) is 4.74 Å². The molecule has 0 aromatic heterocycles. The number of nitrogens with zero attached hydrogens (tertiary/aromatic N) is 1. The number of hydrogen-bond acceptors (Lipinski definition) is 3. The summed E-state index contributed by atoms with van der Waals surface area (Å²) in [7, 11) is 6.00. The molecular weight excluding hydrogens is 170 g/mol. The average molecular weight is 191 g/mol. The first-order valence-corrected chi connectivity index (χ1v) is 5.71. The summed E-state index contributed by atoms with van der Waals surface area (Å²) < 4.78 is 5.32. The molecule has 2 unspecified atom stereocenters. The number of likely N-dealkylation sites (N-methyl/N-ethyl adjacent to an activating group) is 1. The molecule has 2 atom stereocenters. The lowest BCUT2D eigenvalue weighted by atomic mass is 10.1. The molecule has 74 valence electrons. The van der Waals surface area contributed by atoms with E-state index in [1.165, 1.54) is 12.2 Å². The molecular formula is C9H21NOS. The lowest BCUT2D eigenvalue weighted by molar-refractivity contribution is 0.0443. The standard InChI is InChI=1S/C9H21NOS/c1-8(11-4)9(10(2)3)6-7-12-5/h8-9H,6-7H2,1-5H3. The molecule has 0 heterocycles. The molecule has 0 saturated heterocycles. The van der Waals surface area contributed by atoms with Crippen molar-refractivity contribution >= 4 is 11.8 Å². The van der Waals surface area contributed by atoms with Crippen LogP contribution in [0.3, 0.4) is 0 Å². The van der Waals surface area contributed by atoms with Gasteiger partial charge in [-0.2, -0.15) is 11.8 Å². The van der Waals surface area contributed by atoms with E-state index in [-0.39, 0.29) is 0 Å². The first kappa shape index (κ1) is 12.3. The molecule has 0 aliphatic heterocycles. The van der Waals surface area contributed by atoms with Crippen molar-refractivity contribution in [1.29, 1.82) is 0 Å². The first-order valence-electron chi connectivity index (χ1n) is 4.31. The Balaban J connectivity index is 3.85. The molecule has 2 nitrogen and oxygen atoms in total. The van der Waals surface area contributed by atoms with Gasteiger partial charge in [-0.15, -0.1) is 0 Å². The maximum atomic E-state index is 5.32. The minimum absolute atomic E-state index is 0.326. The van der Waals surface area contributed by atoms with Crippen molar-refractivity contribution < 1.29 is 4.74 Å². The zero-order valence-corrected chi connectivity index (χ0v) is 9.65. The molecule has 0 spiro atoms. The van der Waals surface area contributed by atoms with E-state index in [1.54, 1.807) is 7.11 Å². The van der Waals surface area contributed by atoms with Gasteiger partial charge in [0.1, 0.15) is 0 Å². The fourth-order valence-corrected chi connectivity index (χ4v) is 1.79. The van der Waals surface area contributed by atoms with E-state index in [1.807, 2.05) is 11.8 Å². The minimum Gasteiger partial charge on any atom is -0.380 e. The van der Waals surface area contributed by atoms with Crippen LogP contribution in [0, 0.1) is 0 Å². The zero-order valence-electron chi connectivity index (χ0n) is 8.83. The molecule has 0 aliphatic carbocycles. The second-order valence-electron chi connectivity index (χ2n) is 3.25. The summed E-state index contributed by atoms with van der Waals surface area (Å²) in [4.78, 5) is 2.24. The highest BCUT2D eigenvalue weighted by atomic mass is 32.2. The third kappa shape index (κ3) is 4.33. The molecule has 0 aromatic rings. The van der Waals surface area contributed by atoms with Crippen LogP contribution >= 0.6 is 11.8 Å². The van der Waals surface area contributed by atoms with Gasteiger partial charge in [-0.25, -0.2) is 0 Å². The van der Waals surface area contributed by atoms with E-state index >= 15 is 0 Å². The second kappa shape index (κ2) is 6.75. The first-order chi connectivity index (χ1) is 5.63. The van der Waals surface area contributed by atoms with E-state index in [4.69, 9.17) is 4.74 Å². The maximum absolute atomic E-state index is 5.32.